The van der Waals surface area contributed by atoms with Crippen molar-refractivity contribution in [2.75, 3.05) is 13.1 Å². The Morgan fingerprint density at radius 3 is 2.64 bits per heavy atom. The van der Waals surface area contributed by atoms with Gasteiger partial charge in [0.25, 0.3) is 0 Å². The predicted molar refractivity (Wildman–Crippen MR) is 94.6 cm³/mol. The van der Waals surface area contributed by atoms with Crippen LogP contribution in [0.4, 0.5) is 4.39 Å². The summed E-state index contributed by atoms with van der Waals surface area (Å²) in [6.45, 7) is 2.12. The zero-order chi connectivity index (χ0) is 17.5. The Morgan fingerprint density at radius 2 is 1.92 bits per heavy atom. The van der Waals surface area contributed by atoms with Gasteiger partial charge in [-0.15, -0.1) is 0 Å². The van der Waals surface area contributed by atoms with Gasteiger partial charge in [-0.3, -0.25) is 4.79 Å². The van der Waals surface area contributed by atoms with Crippen LogP contribution in [0.5, 0.6) is 5.75 Å². The second kappa shape index (κ2) is 8.62. The largest absolute Gasteiger partial charge is 0.489 e. The zero-order valence-corrected chi connectivity index (χ0v) is 14.1. The Hall–Kier alpha value is -2.40. The second-order valence-corrected chi connectivity index (χ2v) is 6.41. The summed E-state index contributed by atoms with van der Waals surface area (Å²) >= 11 is 0. The monoisotopic (exact) mass is 342 g/mol. The first-order valence-electron chi connectivity index (χ1n) is 8.62. The van der Waals surface area contributed by atoms with Gasteiger partial charge < -0.3 is 15.4 Å². The van der Waals surface area contributed by atoms with E-state index in [4.69, 9.17) is 4.74 Å². The molecule has 0 aromatic heterocycles. The highest BCUT2D eigenvalue weighted by Crippen LogP contribution is 2.27. The summed E-state index contributed by atoms with van der Waals surface area (Å²) in [5, 5.41) is 6.06. The van der Waals surface area contributed by atoms with Gasteiger partial charge in [0.2, 0.25) is 5.91 Å². The molecule has 5 heteroatoms. The molecule has 2 aromatic carbocycles. The molecule has 25 heavy (non-hydrogen) atoms. The molecule has 1 aliphatic rings. The van der Waals surface area contributed by atoms with Gasteiger partial charge in [-0.1, -0.05) is 24.3 Å². The molecular weight excluding hydrogens is 319 g/mol. The Labute approximate surface area is 147 Å². The smallest absolute Gasteiger partial charge is 0.234 e. The van der Waals surface area contributed by atoms with Gasteiger partial charge in [-0.2, -0.15) is 0 Å². The van der Waals surface area contributed by atoms with Crippen LogP contribution in [0.3, 0.4) is 0 Å². The fourth-order valence-corrected chi connectivity index (χ4v) is 2.47. The first-order valence-corrected chi connectivity index (χ1v) is 8.62. The van der Waals surface area contributed by atoms with Crippen LogP contribution in [0, 0.1) is 11.7 Å². The van der Waals surface area contributed by atoms with Gasteiger partial charge in [0.1, 0.15) is 18.2 Å². The Balaban J connectivity index is 1.38. The zero-order valence-electron chi connectivity index (χ0n) is 14.1. The van der Waals surface area contributed by atoms with E-state index in [1.54, 1.807) is 6.07 Å². The molecule has 1 fully saturated rings. The van der Waals surface area contributed by atoms with Crippen molar-refractivity contribution < 1.29 is 13.9 Å². The van der Waals surface area contributed by atoms with E-state index in [1.807, 2.05) is 30.3 Å². The number of halogens is 1. The van der Waals surface area contributed by atoms with Crippen LogP contribution < -0.4 is 15.4 Å². The van der Waals surface area contributed by atoms with Crippen LogP contribution >= 0.6 is 0 Å². The first-order chi connectivity index (χ1) is 12.2. The van der Waals surface area contributed by atoms with Crippen LogP contribution in [0.1, 0.15) is 24.0 Å². The van der Waals surface area contributed by atoms with Crippen LogP contribution in [-0.4, -0.2) is 19.0 Å². The van der Waals surface area contributed by atoms with Gasteiger partial charge in [0.15, 0.2) is 0 Å². The summed E-state index contributed by atoms with van der Waals surface area (Å²) in [6.07, 6.45) is 2.56. The third-order valence-electron chi connectivity index (χ3n) is 4.12. The minimum atomic E-state index is -0.265. The third kappa shape index (κ3) is 6.19. The van der Waals surface area contributed by atoms with Gasteiger partial charge in [0.05, 0.1) is 6.54 Å². The van der Waals surface area contributed by atoms with E-state index in [1.165, 1.54) is 25.0 Å². The minimum absolute atomic E-state index is 0.00656. The molecule has 3 rings (SSSR count). The van der Waals surface area contributed by atoms with Gasteiger partial charge in [-0.05, 0) is 60.7 Å². The molecule has 2 aromatic rings. The van der Waals surface area contributed by atoms with Crippen molar-refractivity contribution in [3.8, 4) is 5.75 Å². The number of amides is 1. The Kier molecular flexibility index (Phi) is 6.01. The van der Waals surface area contributed by atoms with Crippen molar-refractivity contribution in [1.82, 2.24) is 10.6 Å². The third-order valence-corrected chi connectivity index (χ3v) is 4.12. The summed E-state index contributed by atoms with van der Waals surface area (Å²) in [7, 11) is 0. The van der Waals surface area contributed by atoms with Crippen molar-refractivity contribution in [2.24, 2.45) is 5.92 Å². The molecule has 2 N–H and O–H groups in total. The van der Waals surface area contributed by atoms with E-state index < -0.39 is 0 Å². The standard InChI is InChI=1S/C20H23FN2O2/c21-18-3-1-2-17(10-18)14-25-19-8-6-16(7-9-19)12-23-20(24)13-22-11-15-4-5-15/h1-3,6-10,15,22H,4-5,11-14H2,(H,23,24). The average Bonchev–Trinajstić information content (AvgIpc) is 3.43. The van der Waals surface area contributed by atoms with E-state index in [2.05, 4.69) is 10.6 Å². The SMILES string of the molecule is O=C(CNCC1CC1)NCc1ccc(OCc2cccc(F)c2)cc1. The second-order valence-electron chi connectivity index (χ2n) is 6.41. The molecule has 1 aliphatic carbocycles. The predicted octanol–water partition coefficient (Wildman–Crippen LogP) is 3.02. The summed E-state index contributed by atoms with van der Waals surface area (Å²) in [5.74, 6) is 1.23. The maximum absolute atomic E-state index is 13.1. The number of benzene rings is 2. The normalized spacial score (nSPS) is 13.5. The molecular formula is C20H23FN2O2. The molecule has 1 amide bonds. The number of nitrogens with one attached hydrogen (secondary N) is 2. The molecule has 0 unspecified atom stereocenters. The number of hydrogen-bond donors (Lipinski definition) is 2. The number of rotatable bonds is 9. The molecule has 0 bridgehead atoms. The molecule has 4 nitrogen and oxygen atoms in total. The summed E-state index contributed by atoms with van der Waals surface area (Å²) in [5.41, 5.74) is 1.80. The van der Waals surface area contributed by atoms with E-state index >= 15 is 0 Å². The molecule has 1 saturated carbocycles. The average molecular weight is 342 g/mol. The lowest BCUT2D eigenvalue weighted by molar-refractivity contribution is -0.120. The number of carbonyl (C=O) groups is 1. The van der Waals surface area contributed by atoms with Crippen molar-refractivity contribution in [3.63, 3.8) is 0 Å². The number of carbonyl (C=O) groups excluding carboxylic acids is 1. The molecule has 0 radical (unpaired) electrons. The molecule has 0 spiro atoms. The quantitative estimate of drug-likeness (QED) is 0.736. The van der Waals surface area contributed by atoms with E-state index in [9.17, 15) is 9.18 Å². The molecule has 0 saturated heterocycles. The van der Waals surface area contributed by atoms with Crippen LogP contribution in [-0.2, 0) is 17.9 Å². The van der Waals surface area contributed by atoms with Crippen molar-refractivity contribution in [3.05, 3.63) is 65.5 Å². The fraction of sp³-hybridized carbons (Fsp3) is 0.350. The van der Waals surface area contributed by atoms with E-state index in [-0.39, 0.29) is 11.7 Å². The minimum Gasteiger partial charge on any atom is -0.489 e. The fourth-order valence-electron chi connectivity index (χ4n) is 2.47. The van der Waals surface area contributed by atoms with Crippen LogP contribution in [0.15, 0.2) is 48.5 Å². The molecule has 0 heterocycles. The molecule has 132 valence electrons. The maximum atomic E-state index is 13.1. The Morgan fingerprint density at radius 1 is 1.12 bits per heavy atom. The molecule has 0 aliphatic heterocycles. The van der Waals surface area contributed by atoms with Crippen LogP contribution in [0.2, 0.25) is 0 Å². The number of ether oxygens (including phenoxy) is 1. The summed E-state index contributed by atoms with van der Waals surface area (Å²) < 4.78 is 18.8. The lowest BCUT2D eigenvalue weighted by Gasteiger charge is -2.09. The lowest BCUT2D eigenvalue weighted by Crippen LogP contribution is -2.34. The first kappa shape index (κ1) is 17.4. The lowest BCUT2D eigenvalue weighted by atomic mass is 10.2. The highest BCUT2D eigenvalue weighted by Gasteiger charge is 2.20. The highest BCUT2D eigenvalue weighted by molar-refractivity contribution is 5.77. The van der Waals surface area contributed by atoms with E-state index in [0.717, 1.165) is 23.6 Å². The van der Waals surface area contributed by atoms with Gasteiger partial charge in [-0.25, -0.2) is 4.39 Å². The maximum Gasteiger partial charge on any atom is 0.234 e. The number of hydrogen-bond acceptors (Lipinski definition) is 3. The summed E-state index contributed by atoms with van der Waals surface area (Å²) in [6, 6.07) is 13.9. The molecule has 0 atom stereocenters. The van der Waals surface area contributed by atoms with Crippen molar-refractivity contribution in [1.29, 1.82) is 0 Å². The summed E-state index contributed by atoms with van der Waals surface area (Å²) in [4.78, 5) is 11.7. The van der Waals surface area contributed by atoms with Gasteiger partial charge in [0, 0.05) is 6.54 Å². The van der Waals surface area contributed by atoms with Gasteiger partial charge >= 0.3 is 0 Å². The van der Waals surface area contributed by atoms with Crippen molar-refractivity contribution >= 4 is 5.91 Å². The highest BCUT2D eigenvalue weighted by atomic mass is 19.1. The van der Waals surface area contributed by atoms with Crippen LogP contribution in [0.25, 0.3) is 0 Å². The van der Waals surface area contributed by atoms with E-state index in [0.29, 0.717) is 25.4 Å². The van der Waals surface area contributed by atoms with Crippen molar-refractivity contribution in [2.45, 2.75) is 26.0 Å². The Bertz CT molecular complexity index is 699. The topological polar surface area (TPSA) is 50.4 Å².